The van der Waals surface area contributed by atoms with Gasteiger partial charge in [0.1, 0.15) is 11.5 Å². The summed E-state index contributed by atoms with van der Waals surface area (Å²) in [5.74, 6) is -1.20. The smallest absolute Gasteiger partial charge is 0.406 e. The van der Waals surface area contributed by atoms with Gasteiger partial charge in [-0.1, -0.05) is 36.4 Å². The minimum absolute atomic E-state index is 0.372. The molecule has 0 spiro atoms. The molecule has 2 aliphatic heterocycles. The third-order valence-corrected chi connectivity index (χ3v) is 7.61. The molecule has 0 atom stereocenters. The van der Waals surface area contributed by atoms with Gasteiger partial charge in [-0.3, -0.25) is 0 Å². The monoisotopic (exact) mass is 579 g/mol. The van der Waals surface area contributed by atoms with Crippen molar-refractivity contribution in [2.45, 2.75) is 50.4 Å². The first kappa shape index (κ1) is 28.9. The van der Waals surface area contributed by atoms with Crippen LogP contribution in [0, 0.1) is 0 Å². The largest absolute Gasteiger partial charge is 0.573 e. The standard InChI is InChI=1S/C30H31F6N3O2/c31-29(32,33)40-24-8-3-6-21(18-24)26(22-7-4-9-25(19-22)41-30(34,35)36)10-5-15-38-16-13-23(14-17-38)39-20-37-27-11-1-2-12-28(27)39/h1-4,6-9,11-12,18-19,23,26,37H,5,10,13-17,20H2. The molecule has 1 N–H and O–H groups in total. The molecule has 0 radical (unpaired) electrons. The summed E-state index contributed by atoms with van der Waals surface area (Å²) in [6.45, 7) is 3.39. The zero-order valence-electron chi connectivity index (χ0n) is 22.2. The molecule has 2 aliphatic rings. The summed E-state index contributed by atoms with van der Waals surface area (Å²) >= 11 is 0. The minimum atomic E-state index is -4.85. The molecule has 5 nitrogen and oxygen atoms in total. The van der Waals surface area contributed by atoms with Crippen molar-refractivity contribution in [2.75, 3.05) is 36.5 Å². The van der Waals surface area contributed by atoms with Gasteiger partial charge in [-0.25, -0.2) is 0 Å². The van der Waals surface area contributed by atoms with Crippen LogP contribution in [0.5, 0.6) is 11.5 Å². The van der Waals surface area contributed by atoms with Crippen molar-refractivity contribution in [1.82, 2.24) is 4.90 Å². The summed E-state index contributed by atoms with van der Waals surface area (Å²) in [7, 11) is 0. The Morgan fingerprint density at radius 1 is 0.780 bits per heavy atom. The van der Waals surface area contributed by atoms with Gasteiger partial charge in [0.25, 0.3) is 0 Å². The zero-order valence-corrected chi connectivity index (χ0v) is 22.2. The van der Waals surface area contributed by atoms with Gasteiger partial charge in [-0.2, -0.15) is 0 Å². The zero-order chi connectivity index (χ0) is 29.0. The van der Waals surface area contributed by atoms with Crippen molar-refractivity contribution >= 4 is 11.4 Å². The van der Waals surface area contributed by atoms with Crippen LogP contribution >= 0.6 is 0 Å². The molecule has 11 heteroatoms. The lowest BCUT2D eigenvalue weighted by Crippen LogP contribution is -2.45. The topological polar surface area (TPSA) is 37.0 Å². The molecule has 0 unspecified atom stereocenters. The lowest BCUT2D eigenvalue weighted by molar-refractivity contribution is -0.275. The second kappa shape index (κ2) is 12.1. The fourth-order valence-corrected chi connectivity index (χ4v) is 5.81. The number of rotatable bonds is 9. The first-order chi connectivity index (χ1) is 19.5. The number of likely N-dealkylation sites (tertiary alicyclic amines) is 1. The van der Waals surface area contributed by atoms with Crippen LogP contribution in [-0.2, 0) is 0 Å². The Balaban J connectivity index is 1.24. The normalized spacial score (nSPS) is 16.5. The van der Waals surface area contributed by atoms with Crippen LogP contribution in [-0.4, -0.2) is 50.0 Å². The number of fused-ring (bicyclic) bond motifs is 1. The van der Waals surface area contributed by atoms with Crippen molar-refractivity contribution in [3.63, 3.8) is 0 Å². The number of halogens is 6. The second-order valence-electron chi connectivity index (χ2n) is 10.3. The van der Waals surface area contributed by atoms with Gasteiger partial charge in [0, 0.05) is 25.0 Å². The molecule has 0 aromatic heterocycles. The molecule has 1 saturated heterocycles. The molecule has 0 bridgehead atoms. The van der Waals surface area contributed by atoms with Crippen LogP contribution < -0.4 is 19.7 Å². The number of alkyl halides is 6. The molecule has 5 rings (SSSR count). The van der Waals surface area contributed by atoms with Gasteiger partial charge in [-0.15, -0.1) is 26.3 Å². The van der Waals surface area contributed by atoms with Gasteiger partial charge in [-0.05, 0) is 79.8 Å². The Kier molecular flexibility index (Phi) is 8.53. The van der Waals surface area contributed by atoms with Crippen LogP contribution in [0.3, 0.4) is 0 Å². The van der Waals surface area contributed by atoms with E-state index in [0.29, 0.717) is 30.0 Å². The van der Waals surface area contributed by atoms with E-state index in [0.717, 1.165) is 44.8 Å². The molecule has 41 heavy (non-hydrogen) atoms. The van der Waals surface area contributed by atoms with Crippen molar-refractivity contribution in [1.29, 1.82) is 0 Å². The summed E-state index contributed by atoms with van der Waals surface area (Å²) in [4.78, 5) is 4.78. The first-order valence-electron chi connectivity index (χ1n) is 13.6. The van der Waals surface area contributed by atoms with E-state index < -0.39 is 18.6 Å². The summed E-state index contributed by atoms with van der Waals surface area (Å²) in [5.41, 5.74) is 3.42. The summed E-state index contributed by atoms with van der Waals surface area (Å²) in [6, 6.07) is 19.9. The quantitative estimate of drug-likeness (QED) is 0.263. The van der Waals surface area contributed by atoms with Gasteiger partial charge in [0.2, 0.25) is 0 Å². The molecular weight excluding hydrogens is 548 g/mol. The highest BCUT2D eigenvalue weighted by Gasteiger charge is 2.33. The van der Waals surface area contributed by atoms with E-state index in [1.165, 1.54) is 42.1 Å². The number of nitrogens with one attached hydrogen (secondary N) is 1. The number of ether oxygens (including phenoxy) is 2. The number of benzene rings is 3. The summed E-state index contributed by atoms with van der Waals surface area (Å²) in [5, 5.41) is 3.44. The average Bonchev–Trinajstić information content (AvgIpc) is 3.34. The number of nitrogens with zero attached hydrogens (tertiary/aromatic N) is 2. The lowest BCUT2D eigenvalue weighted by Gasteiger charge is -2.37. The second-order valence-corrected chi connectivity index (χ2v) is 10.3. The molecular formula is C30H31F6N3O2. The van der Waals surface area contributed by atoms with Crippen LogP contribution in [0.2, 0.25) is 0 Å². The fraction of sp³-hybridized carbons (Fsp3) is 0.400. The molecule has 2 heterocycles. The molecule has 3 aromatic rings. The highest BCUT2D eigenvalue weighted by molar-refractivity contribution is 5.74. The van der Waals surface area contributed by atoms with E-state index in [1.54, 1.807) is 12.1 Å². The van der Waals surface area contributed by atoms with Crippen LogP contribution in [0.25, 0.3) is 0 Å². The maximum Gasteiger partial charge on any atom is 0.573 e. The van der Waals surface area contributed by atoms with E-state index in [9.17, 15) is 26.3 Å². The number of piperidine rings is 1. The van der Waals surface area contributed by atoms with Crippen molar-refractivity contribution in [3.8, 4) is 11.5 Å². The predicted octanol–water partition coefficient (Wildman–Crippen LogP) is 7.75. The Labute approximate surface area is 234 Å². The number of anilines is 2. The molecule has 220 valence electrons. The fourth-order valence-electron chi connectivity index (χ4n) is 5.81. The Morgan fingerprint density at radius 3 is 1.95 bits per heavy atom. The molecule has 0 amide bonds. The highest BCUT2D eigenvalue weighted by Crippen LogP contribution is 2.37. The SMILES string of the molecule is FC(F)(F)Oc1cccc(C(CCCN2CCC(N3CNc4ccccc43)CC2)c2cccc(OC(F)(F)F)c2)c1. The van der Waals surface area contributed by atoms with Gasteiger partial charge >= 0.3 is 12.7 Å². The summed E-state index contributed by atoms with van der Waals surface area (Å²) < 4.78 is 85.4. The van der Waals surface area contributed by atoms with E-state index in [2.05, 4.69) is 36.7 Å². The third kappa shape index (κ3) is 7.78. The van der Waals surface area contributed by atoms with Gasteiger partial charge in [0.05, 0.1) is 18.0 Å². The third-order valence-electron chi connectivity index (χ3n) is 7.61. The Hall–Kier alpha value is -3.60. The molecule has 1 fully saturated rings. The maximum atomic E-state index is 12.9. The maximum absolute atomic E-state index is 12.9. The van der Waals surface area contributed by atoms with E-state index in [1.807, 2.05) is 12.1 Å². The lowest BCUT2D eigenvalue weighted by atomic mass is 9.87. The molecule has 3 aromatic carbocycles. The van der Waals surface area contributed by atoms with Crippen LogP contribution in [0.4, 0.5) is 37.7 Å². The highest BCUT2D eigenvalue weighted by atomic mass is 19.4. The minimum Gasteiger partial charge on any atom is -0.406 e. The summed E-state index contributed by atoms with van der Waals surface area (Å²) in [6.07, 6.45) is -6.46. The Bertz CT molecular complexity index is 1250. The van der Waals surface area contributed by atoms with Crippen molar-refractivity contribution in [3.05, 3.63) is 83.9 Å². The average molecular weight is 580 g/mol. The molecule has 0 saturated carbocycles. The van der Waals surface area contributed by atoms with Gasteiger partial charge < -0.3 is 24.6 Å². The van der Waals surface area contributed by atoms with E-state index in [4.69, 9.17) is 0 Å². The van der Waals surface area contributed by atoms with Crippen LogP contribution in [0.1, 0.15) is 42.7 Å². The predicted molar refractivity (Wildman–Crippen MR) is 144 cm³/mol. The first-order valence-corrected chi connectivity index (χ1v) is 13.6. The number of para-hydroxylation sites is 2. The van der Waals surface area contributed by atoms with E-state index >= 15 is 0 Å². The Morgan fingerprint density at radius 2 is 1.37 bits per heavy atom. The molecule has 0 aliphatic carbocycles. The number of hydrogen-bond acceptors (Lipinski definition) is 5. The number of hydrogen-bond donors (Lipinski definition) is 1. The van der Waals surface area contributed by atoms with Crippen molar-refractivity contribution in [2.24, 2.45) is 0 Å². The van der Waals surface area contributed by atoms with Crippen molar-refractivity contribution < 1.29 is 35.8 Å². The van der Waals surface area contributed by atoms with Crippen LogP contribution in [0.15, 0.2) is 72.8 Å². The van der Waals surface area contributed by atoms with Gasteiger partial charge in [0.15, 0.2) is 0 Å². The van der Waals surface area contributed by atoms with E-state index in [-0.39, 0.29) is 11.5 Å².